The van der Waals surface area contributed by atoms with Crippen molar-refractivity contribution in [2.24, 2.45) is 0 Å². The Balaban J connectivity index is 2.39. The van der Waals surface area contributed by atoms with Gasteiger partial charge in [0.15, 0.2) is 5.78 Å². The van der Waals surface area contributed by atoms with E-state index in [-0.39, 0.29) is 5.78 Å². The highest BCUT2D eigenvalue weighted by Crippen LogP contribution is 2.05. The van der Waals surface area contributed by atoms with Crippen molar-refractivity contribution in [2.75, 3.05) is 0 Å². The van der Waals surface area contributed by atoms with Gasteiger partial charge in [0.25, 0.3) is 0 Å². The highest BCUT2D eigenvalue weighted by atomic mass is 16.1. The predicted molar refractivity (Wildman–Crippen MR) is 51.0 cm³/mol. The fraction of sp³-hybridized carbons (Fsp3) is 0.545. The molecule has 1 nitrogen and oxygen atoms in total. The average Bonchev–Trinajstić information content (AvgIpc) is 2.11. The van der Waals surface area contributed by atoms with E-state index in [4.69, 9.17) is 0 Å². The molecule has 0 saturated heterocycles. The summed E-state index contributed by atoms with van der Waals surface area (Å²) in [5, 5.41) is 0. The van der Waals surface area contributed by atoms with Crippen LogP contribution in [0.15, 0.2) is 24.3 Å². The Morgan fingerprint density at radius 3 is 2.42 bits per heavy atom. The van der Waals surface area contributed by atoms with Crippen molar-refractivity contribution >= 4 is 5.78 Å². The van der Waals surface area contributed by atoms with Gasteiger partial charge < -0.3 is 0 Å². The third kappa shape index (κ3) is 4.12. The Hall–Kier alpha value is -0.850. The third-order valence-corrected chi connectivity index (χ3v) is 2.02. The molecule has 66 valence electrons. The summed E-state index contributed by atoms with van der Waals surface area (Å²) < 4.78 is 0. The molecule has 1 aliphatic carbocycles. The molecule has 0 heterocycles. The van der Waals surface area contributed by atoms with Gasteiger partial charge in [-0.25, -0.2) is 0 Å². The van der Waals surface area contributed by atoms with Crippen LogP contribution in [-0.4, -0.2) is 5.78 Å². The molecule has 12 heavy (non-hydrogen) atoms. The molecule has 0 spiro atoms. The molecule has 0 radical (unpaired) electrons. The standard InChI is InChI=1S/C11H16O/c12-11-9-7-5-3-1-2-4-6-8-10-11/h3,5,8,10H,1-2,4,6-7,9H2. The van der Waals surface area contributed by atoms with Crippen molar-refractivity contribution in [2.45, 2.75) is 38.5 Å². The SMILES string of the molecule is O=C1C=CCCCCC=CCC1. The smallest absolute Gasteiger partial charge is 0.155 e. The second-order valence-electron chi connectivity index (χ2n) is 3.16. The molecule has 0 aromatic rings. The van der Waals surface area contributed by atoms with Crippen molar-refractivity contribution in [3.63, 3.8) is 0 Å². The largest absolute Gasteiger partial charge is 0.295 e. The van der Waals surface area contributed by atoms with Crippen LogP contribution >= 0.6 is 0 Å². The minimum atomic E-state index is 0.265. The van der Waals surface area contributed by atoms with E-state index in [1.165, 1.54) is 19.3 Å². The van der Waals surface area contributed by atoms with E-state index in [9.17, 15) is 4.79 Å². The van der Waals surface area contributed by atoms with Crippen molar-refractivity contribution in [3.05, 3.63) is 24.3 Å². The zero-order chi connectivity index (χ0) is 8.65. The number of rotatable bonds is 0. The fourth-order valence-electron chi connectivity index (χ4n) is 1.28. The summed E-state index contributed by atoms with van der Waals surface area (Å²) in [6.07, 6.45) is 14.3. The normalized spacial score (nSPS) is 20.5. The molecule has 0 aliphatic heterocycles. The molecule has 0 amide bonds. The lowest BCUT2D eigenvalue weighted by Crippen LogP contribution is -1.89. The van der Waals surface area contributed by atoms with Crippen molar-refractivity contribution in [1.82, 2.24) is 0 Å². The zero-order valence-electron chi connectivity index (χ0n) is 7.46. The van der Waals surface area contributed by atoms with E-state index in [1.807, 2.05) is 6.08 Å². The number of hydrogen-bond acceptors (Lipinski definition) is 1. The lowest BCUT2D eigenvalue weighted by molar-refractivity contribution is -0.114. The van der Waals surface area contributed by atoms with Crippen LogP contribution in [0.2, 0.25) is 0 Å². The summed E-state index contributed by atoms with van der Waals surface area (Å²) >= 11 is 0. The number of carbonyl (C=O) groups is 1. The summed E-state index contributed by atoms with van der Waals surface area (Å²) in [5.74, 6) is 0.265. The topological polar surface area (TPSA) is 17.1 Å². The minimum absolute atomic E-state index is 0.265. The van der Waals surface area contributed by atoms with E-state index in [2.05, 4.69) is 12.2 Å². The molecule has 1 aliphatic rings. The Morgan fingerprint density at radius 2 is 1.58 bits per heavy atom. The van der Waals surface area contributed by atoms with Gasteiger partial charge in [-0.15, -0.1) is 0 Å². The molecule has 0 unspecified atom stereocenters. The van der Waals surface area contributed by atoms with Crippen LogP contribution in [0.3, 0.4) is 0 Å². The molecular weight excluding hydrogens is 148 g/mol. The van der Waals surface area contributed by atoms with Crippen LogP contribution in [0, 0.1) is 0 Å². The maximum absolute atomic E-state index is 11.1. The van der Waals surface area contributed by atoms with E-state index in [0.29, 0.717) is 6.42 Å². The monoisotopic (exact) mass is 164 g/mol. The van der Waals surface area contributed by atoms with Gasteiger partial charge in [-0.2, -0.15) is 0 Å². The third-order valence-electron chi connectivity index (χ3n) is 2.02. The van der Waals surface area contributed by atoms with Gasteiger partial charge >= 0.3 is 0 Å². The Bertz CT molecular complexity index is 189. The molecule has 0 saturated carbocycles. The van der Waals surface area contributed by atoms with E-state index >= 15 is 0 Å². The summed E-state index contributed by atoms with van der Waals surface area (Å²) in [6.45, 7) is 0. The quantitative estimate of drug-likeness (QED) is 0.503. The van der Waals surface area contributed by atoms with Crippen LogP contribution in [0.4, 0.5) is 0 Å². The Kier molecular flexibility index (Phi) is 4.43. The van der Waals surface area contributed by atoms with Gasteiger partial charge in [0.2, 0.25) is 0 Å². The van der Waals surface area contributed by atoms with E-state index < -0.39 is 0 Å². The summed E-state index contributed by atoms with van der Waals surface area (Å²) in [4.78, 5) is 11.1. The number of hydrogen-bond donors (Lipinski definition) is 0. The van der Waals surface area contributed by atoms with Gasteiger partial charge in [0, 0.05) is 6.42 Å². The minimum Gasteiger partial charge on any atom is -0.295 e. The lowest BCUT2D eigenvalue weighted by Gasteiger charge is -1.90. The molecular formula is C11H16O. The maximum Gasteiger partial charge on any atom is 0.155 e. The number of carbonyl (C=O) groups excluding carboxylic acids is 1. The Morgan fingerprint density at radius 1 is 0.917 bits per heavy atom. The molecule has 1 heteroatoms. The molecule has 0 bridgehead atoms. The van der Waals surface area contributed by atoms with Crippen molar-refractivity contribution in [3.8, 4) is 0 Å². The van der Waals surface area contributed by atoms with Gasteiger partial charge in [0.1, 0.15) is 0 Å². The first-order valence-electron chi connectivity index (χ1n) is 4.74. The van der Waals surface area contributed by atoms with E-state index in [0.717, 1.165) is 12.8 Å². The average molecular weight is 164 g/mol. The number of ketones is 1. The first-order valence-corrected chi connectivity index (χ1v) is 4.74. The van der Waals surface area contributed by atoms with Gasteiger partial charge in [-0.05, 0) is 38.2 Å². The highest BCUT2D eigenvalue weighted by molar-refractivity contribution is 5.89. The maximum atomic E-state index is 11.1. The zero-order valence-corrected chi connectivity index (χ0v) is 7.46. The molecule has 0 N–H and O–H groups in total. The van der Waals surface area contributed by atoms with Crippen LogP contribution in [-0.2, 0) is 4.79 Å². The summed E-state index contributed by atoms with van der Waals surface area (Å²) in [6, 6.07) is 0. The Labute approximate surface area is 74.2 Å². The van der Waals surface area contributed by atoms with Crippen molar-refractivity contribution in [1.29, 1.82) is 0 Å². The first kappa shape index (κ1) is 9.24. The van der Waals surface area contributed by atoms with Crippen LogP contribution in [0.25, 0.3) is 0 Å². The second-order valence-corrected chi connectivity index (χ2v) is 3.16. The molecule has 0 aromatic heterocycles. The predicted octanol–water partition coefficient (Wildman–Crippen LogP) is 3.02. The second kappa shape index (κ2) is 5.76. The summed E-state index contributed by atoms with van der Waals surface area (Å²) in [7, 11) is 0. The molecule has 1 rings (SSSR count). The first-order chi connectivity index (χ1) is 5.89. The molecule has 0 aromatic carbocycles. The van der Waals surface area contributed by atoms with Gasteiger partial charge in [-0.3, -0.25) is 4.79 Å². The fourth-order valence-corrected chi connectivity index (χ4v) is 1.28. The van der Waals surface area contributed by atoms with Gasteiger partial charge in [0.05, 0.1) is 0 Å². The van der Waals surface area contributed by atoms with Crippen molar-refractivity contribution < 1.29 is 4.79 Å². The van der Waals surface area contributed by atoms with Gasteiger partial charge in [-0.1, -0.05) is 18.2 Å². The van der Waals surface area contributed by atoms with Crippen LogP contribution in [0.1, 0.15) is 38.5 Å². The lowest BCUT2D eigenvalue weighted by atomic mass is 10.2. The summed E-state index contributed by atoms with van der Waals surface area (Å²) in [5.41, 5.74) is 0. The van der Waals surface area contributed by atoms with Crippen LogP contribution in [0.5, 0.6) is 0 Å². The van der Waals surface area contributed by atoms with E-state index in [1.54, 1.807) is 6.08 Å². The molecule has 0 atom stereocenters. The molecule has 0 fully saturated rings. The van der Waals surface area contributed by atoms with Crippen LogP contribution < -0.4 is 0 Å². The highest BCUT2D eigenvalue weighted by Gasteiger charge is 1.94. The number of allylic oxidation sites excluding steroid dienone is 4.